The SMILES string of the molecule is COC(=O)c1cc(-c2ccc(OC)c(-c3ccc(N4CCC4)nc3CN3C(=O)O[C@H](c4cc(C(F)(F)F)cc(C(F)(F)F)c4)[C@@H]3C)c2)no1. The van der Waals surface area contributed by atoms with Crippen LogP contribution < -0.4 is 9.64 Å². The summed E-state index contributed by atoms with van der Waals surface area (Å²) in [7, 11) is 2.66. The molecule has 49 heavy (non-hydrogen) atoms. The molecule has 1 amide bonds. The fourth-order valence-electron chi connectivity index (χ4n) is 5.73. The topological polar surface area (TPSA) is 107 Å². The Bertz CT molecular complexity index is 1870. The third-order valence-corrected chi connectivity index (χ3v) is 8.47. The van der Waals surface area contributed by atoms with Crippen molar-refractivity contribution >= 4 is 17.9 Å². The molecule has 4 heterocycles. The first-order valence-corrected chi connectivity index (χ1v) is 14.9. The van der Waals surface area contributed by atoms with Crippen LogP contribution in [0.3, 0.4) is 0 Å². The number of ether oxygens (including phenoxy) is 3. The van der Waals surface area contributed by atoms with Crippen LogP contribution in [0.4, 0.5) is 37.0 Å². The van der Waals surface area contributed by atoms with Gasteiger partial charge in [0.15, 0.2) is 0 Å². The fraction of sp³-hybridized carbons (Fsp3) is 0.333. The van der Waals surface area contributed by atoms with E-state index in [4.69, 9.17) is 19.0 Å². The minimum Gasteiger partial charge on any atom is -0.496 e. The van der Waals surface area contributed by atoms with Crippen molar-refractivity contribution in [1.82, 2.24) is 15.0 Å². The molecule has 2 aliphatic heterocycles. The second kappa shape index (κ2) is 12.6. The van der Waals surface area contributed by atoms with E-state index < -0.39 is 53.3 Å². The third-order valence-electron chi connectivity index (χ3n) is 8.47. The number of nitrogens with zero attached hydrogens (tertiary/aromatic N) is 4. The molecule has 0 spiro atoms. The van der Waals surface area contributed by atoms with Gasteiger partial charge in [-0.1, -0.05) is 5.16 Å². The van der Waals surface area contributed by atoms with Crippen LogP contribution in [0.5, 0.6) is 5.75 Å². The third kappa shape index (κ3) is 6.58. The van der Waals surface area contributed by atoms with Crippen LogP contribution >= 0.6 is 0 Å². The Hall–Kier alpha value is -5.28. The Morgan fingerprint density at radius 2 is 1.63 bits per heavy atom. The zero-order valence-electron chi connectivity index (χ0n) is 26.2. The fourth-order valence-corrected chi connectivity index (χ4v) is 5.73. The number of carbonyl (C=O) groups is 2. The van der Waals surface area contributed by atoms with Gasteiger partial charge in [0, 0.05) is 35.8 Å². The molecule has 16 heteroatoms. The number of anilines is 1. The number of hydrogen-bond acceptors (Lipinski definition) is 9. The summed E-state index contributed by atoms with van der Waals surface area (Å²) in [4.78, 5) is 33.2. The van der Waals surface area contributed by atoms with Crippen molar-refractivity contribution in [2.45, 2.75) is 44.4 Å². The van der Waals surface area contributed by atoms with Crippen molar-refractivity contribution in [1.29, 1.82) is 0 Å². The number of aromatic nitrogens is 2. The van der Waals surface area contributed by atoms with Crippen LogP contribution in [-0.2, 0) is 28.4 Å². The molecule has 0 saturated carbocycles. The van der Waals surface area contributed by atoms with Crippen LogP contribution in [0.2, 0.25) is 0 Å². The Balaban J connectivity index is 1.39. The van der Waals surface area contributed by atoms with Gasteiger partial charge >= 0.3 is 24.4 Å². The largest absolute Gasteiger partial charge is 0.496 e. The summed E-state index contributed by atoms with van der Waals surface area (Å²) in [6.07, 6.45) is -11.6. The van der Waals surface area contributed by atoms with E-state index in [9.17, 15) is 35.9 Å². The molecule has 0 bridgehead atoms. The van der Waals surface area contributed by atoms with E-state index in [0.29, 0.717) is 51.8 Å². The number of hydrogen-bond donors (Lipinski definition) is 0. The summed E-state index contributed by atoms with van der Waals surface area (Å²) in [5, 5.41) is 3.96. The Morgan fingerprint density at radius 3 is 2.22 bits per heavy atom. The second-order valence-electron chi connectivity index (χ2n) is 11.5. The first-order valence-electron chi connectivity index (χ1n) is 14.9. The molecule has 4 aromatic rings. The van der Waals surface area contributed by atoms with Crippen LogP contribution in [0.15, 0.2) is 59.1 Å². The number of pyridine rings is 1. The molecule has 2 aromatic carbocycles. The maximum atomic E-state index is 13.6. The van der Waals surface area contributed by atoms with Gasteiger partial charge in [-0.25, -0.2) is 14.6 Å². The number of cyclic esters (lactones) is 1. The first-order chi connectivity index (χ1) is 23.2. The Morgan fingerprint density at radius 1 is 0.939 bits per heavy atom. The summed E-state index contributed by atoms with van der Waals surface area (Å²) < 4.78 is 103. The average Bonchev–Trinajstić information content (AvgIpc) is 3.64. The van der Waals surface area contributed by atoms with Crippen molar-refractivity contribution in [3.63, 3.8) is 0 Å². The minimum absolute atomic E-state index is 0.0248. The van der Waals surface area contributed by atoms with Gasteiger partial charge in [0.1, 0.15) is 23.4 Å². The second-order valence-corrected chi connectivity index (χ2v) is 11.5. The molecule has 2 fully saturated rings. The summed E-state index contributed by atoms with van der Waals surface area (Å²) in [5.74, 6) is 0.197. The van der Waals surface area contributed by atoms with Crippen molar-refractivity contribution in [2.75, 3.05) is 32.2 Å². The van der Waals surface area contributed by atoms with E-state index in [2.05, 4.69) is 9.89 Å². The highest BCUT2D eigenvalue weighted by Gasteiger charge is 2.43. The highest BCUT2D eigenvalue weighted by molar-refractivity contribution is 5.88. The number of rotatable bonds is 8. The van der Waals surface area contributed by atoms with Gasteiger partial charge in [-0.2, -0.15) is 26.3 Å². The molecule has 2 saturated heterocycles. The average molecular weight is 691 g/mol. The molecule has 0 unspecified atom stereocenters. The van der Waals surface area contributed by atoms with E-state index in [1.54, 1.807) is 30.3 Å². The number of methoxy groups -OCH3 is 2. The van der Waals surface area contributed by atoms with Crippen LogP contribution in [0.1, 0.15) is 52.4 Å². The van der Waals surface area contributed by atoms with Crippen molar-refractivity contribution in [3.8, 4) is 28.1 Å². The molecule has 10 nitrogen and oxygen atoms in total. The molecule has 6 rings (SSSR count). The van der Waals surface area contributed by atoms with Crippen molar-refractivity contribution < 1.29 is 54.7 Å². The lowest BCUT2D eigenvalue weighted by Gasteiger charge is -2.33. The molecule has 258 valence electrons. The van der Waals surface area contributed by atoms with Gasteiger partial charge in [-0.05, 0) is 67.4 Å². The van der Waals surface area contributed by atoms with Crippen LogP contribution in [0, 0.1) is 0 Å². The summed E-state index contributed by atoms with van der Waals surface area (Å²) in [5.41, 5.74) is -1.22. The molecule has 0 radical (unpaired) electrons. The van der Waals surface area contributed by atoms with Crippen molar-refractivity contribution in [3.05, 3.63) is 82.7 Å². The van der Waals surface area contributed by atoms with Gasteiger partial charge in [0.2, 0.25) is 5.76 Å². The molecule has 2 atom stereocenters. The molecular weight excluding hydrogens is 662 g/mol. The highest BCUT2D eigenvalue weighted by Crippen LogP contribution is 2.42. The predicted octanol–water partition coefficient (Wildman–Crippen LogP) is 7.53. The molecular formula is C33H28F6N4O6. The number of halogens is 6. The number of alkyl halides is 6. The Kier molecular flexibility index (Phi) is 8.67. The van der Waals surface area contributed by atoms with Gasteiger partial charge in [0.25, 0.3) is 0 Å². The van der Waals surface area contributed by atoms with E-state index >= 15 is 0 Å². The molecule has 0 N–H and O–H groups in total. The first kappa shape index (κ1) is 33.6. The lowest BCUT2D eigenvalue weighted by molar-refractivity contribution is -0.143. The summed E-state index contributed by atoms with van der Waals surface area (Å²) in [6, 6.07) is 10.2. The van der Waals surface area contributed by atoms with Gasteiger partial charge in [-0.3, -0.25) is 4.90 Å². The highest BCUT2D eigenvalue weighted by atomic mass is 19.4. The summed E-state index contributed by atoms with van der Waals surface area (Å²) in [6.45, 7) is 2.77. The van der Waals surface area contributed by atoms with Crippen LogP contribution in [0.25, 0.3) is 22.4 Å². The number of carbonyl (C=O) groups excluding carboxylic acids is 2. The van der Waals surface area contributed by atoms with E-state index in [-0.39, 0.29) is 18.4 Å². The number of esters is 1. The molecule has 2 aromatic heterocycles. The molecule has 2 aliphatic rings. The van der Waals surface area contributed by atoms with Gasteiger partial charge in [-0.15, -0.1) is 0 Å². The van der Waals surface area contributed by atoms with Gasteiger partial charge in [0.05, 0.1) is 43.6 Å². The molecule has 0 aliphatic carbocycles. The minimum atomic E-state index is -5.07. The van der Waals surface area contributed by atoms with Gasteiger partial charge < -0.3 is 23.6 Å². The zero-order valence-corrected chi connectivity index (χ0v) is 26.2. The van der Waals surface area contributed by atoms with E-state index in [1.807, 2.05) is 4.90 Å². The predicted molar refractivity (Wildman–Crippen MR) is 161 cm³/mol. The normalized spacial score (nSPS) is 17.9. The number of benzene rings is 2. The lowest BCUT2D eigenvalue weighted by atomic mass is 9.96. The Labute approximate surface area is 275 Å². The van der Waals surface area contributed by atoms with Crippen LogP contribution in [-0.4, -0.2) is 60.5 Å². The maximum absolute atomic E-state index is 13.6. The van der Waals surface area contributed by atoms with Crippen molar-refractivity contribution in [2.24, 2.45) is 0 Å². The zero-order chi connectivity index (χ0) is 35.2. The standard InChI is InChI=1S/C33H28F6N4O6/c1-17-29(19-11-20(32(34,35)36)14-21(12-19)33(37,38)39)48-31(45)43(17)16-25-22(6-8-28(40-25)42-9-4-10-42)23-13-18(5-7-26(23)46-2)24-15-27(49-41-24)30(44)47-3/h5-8,11-15,17,29H,4,9-10,16H2,1-3H3/t17-,29-/m0/s1. The number of amides is 1. The monoisotopic (exact) mass is 690 g/mol. The lowest BCUT2D eigenvalue weighted by Crippen LogP contribution is -2.38. The smallest absolute Gasteiger partial charge is 0.416 e. The quantitative estimate of drug-likeness (QED) is 0.137. The van der Waals surface area contributed by atoms with E-state index in [1.165, 1.54) is 32.1 Å². The van der Waals surface area contributed by atoms with E-state index in [0.717, 1.165) is 19.5 Å². The summed E-state index contributed by atoms with van der Waals surface area (Å²) >= 11 is 0. The maximum Gasteiger partial charge on any atom is 0.416 e.